The summed E-state index contributed by atoms with van der Waals surface area (Å²) in [6.45, 7) is 3.17. The lowest BCUT2D eigenvalue weighted by molar-refractivity contribution is -0.136. The molecule has 1 aromatic carbocycles. The highest BCUT2D eigenvalue weighted by atomic mass is 35.5. The lowest BCUT2D eigenvalue weighted by Crippen LogP contribution is -2.48. The van der Waals surface area contributed by atoms with E-state index in [1.54, 1.807) is 35.4 Å². The van der Waals surface area contributed by atoms with E-state index >= 15 is 0 Å². The van der Waals surface area contributed by atoms with E-state index < -0.39 is 0 Å². The van der Waals surface area contributed by atoms with Crippen LogP contribution in [0.2, 0.25) is 10.2 Å². The molecule has 0 saturated carbocycles. The monoisotopic (exact) mass is 489 g/mol. The van der Waals surface area contributed by atoms with Crippen molar-refractivity contribution < 1.29 is 14.3 Å². The molecule has 1 aromatic heterocycles. The van der Waals surface area contributed by atoms with Crippen molar-refractivity contribution in [1.82, 2.24) is 14.8 Å². The maximum Gasteiger partial charge on any atom is 0.256 e. The molecule has 2 aliphatic heterocycles. The Bertz CT molecular complexity index is 969. The first-order chi connectivity index (χ1) is 16.0. The number of benzene rings is 1. The molecule has 0 unspecified atom stereocenters. The Morgan fingerprint density at radius 1 is 0.939 bits per heavy atom. The second kappa shape index (κ2) is 10.7. The molecule has 176 valence electrons. The third kappa shape index (κ3) is 5.98. The van der Waals surface area contributed by atoms with Gasteiger partial charge in [-0.2, -0.15) is 0 Å². The van der Waals surface area contributed by atoms with Gasteiger partial charge in [0.2, 0.25) is 5.91 Å². The quantitative estimate of drug-likeness (QED) is 0.529. The first-order valence-electron chi connectivity index (χ1n) is 11.5. The van der Waals surface area contributed by atoms with E-state index in [4.69, 9.17) is 27.9 Å². The maximum absolute atomic E-state index is 13.2. The molecule has 0 bridgehead atoms. The number of aromatic nitrogens is 1. The van der Waals surface area contributed by atoms with Crippen molar-refractivity contribution in [3.63, 3.8) is 0 Å². The molecule has 0 aliphatic carbocycles. The number of rotatable bonds is 6. The second-order valence-corrected chi connectivity index (χ2v) is 9.79. The van der Waals surface area contributed by atoms with E-state index in [2.05, 4.69) is 4.98 Å². The fourth-order valence-electron chi connectivity index (χ4n) is 4.62. The normalized spacial score (nSPS) is 18.1. The highest BCUT2D eigenvalue weighted by Crippen LogP contribution is 2.37. The first-order valence-corrected chi connectivity index (χ1v) is 12.3. The Labute approximate surface area is 204 Å². The Hall–Kier alpha value is -2.31. The maximum atomic E-state index is 13.2. The molecule has 2 aromatic rings. The van der Waals surface area contributed by atoms with Gasteiger partial charge in [0, 0.05) is 49.2 Å². The van der Waals surface area contributed by atoms with E-state index in [1.165, 1.54) is 6.42 Å². The molecule has 33 heavy (non-hydrogen) atoms. The number of hydrogen-bond donors (Lipinski definition) is 0. The van der Waals surface area contributed by atoms with Crippen molar-refractivity contribution in [2.24, 2.45) is 5.41 Å². The van der Waals surface area contributed by atoms with Gasteiger partial charge in [-0.25, -0.2) is 4.98 Å². The molecular formula is C25H29Cl2N3O3. The molecular weight excluding hydrogens is 461 g/mol. The Morgan fingerprint density at radius 2 is 1.64 bits per heavy atom. The van der Waals surface area contributed by atoms with E-state index in [9.17, 15) is 9.59 Å². The van der Waals surface area contributed by atoms with Crippen LogP contribution in [-0.2, 0) is 4.79 Å². The summed E-state index contributed by atoms with van der Waals surface area (Å²) in [6, 6.07) is 10.7. The predicted molar refractivity (Wildman–Crippen MR) is 129 cm³/mol. The van der Waals surface area contributed by atoms with Crippen LogP contribution in [0.1, 0.15) is 48.9 Å². The van der Waals surface area contributed by atoms with Crippen LogP contribution in [0.3, 0.4) is 0 Å². The number of nitrogens with zero attached hydrogens (tertiary/aromatic N) is 3. The van der Waals surface area contributed by atoms with E-state index in [0.29, 0.717) is 49.5 Å². The van der Waals surface area contributed by atoms with E-state index in [1.807, 2.05) is 17.0 Å². The molecule has 4 rings (SSSR count). The average molecular weight is 490 g/mol. The summed E-state index contributed by atoms with van der Waals surface area (Å²) >= 11 is 12.1. The lowest BCUT2D eigenvalue weighted by atomic mass is 9.75. The number of carbonyl (C=O) groups excluding carboxylic acids is 2. The van der Waals surface area contributed by atoms with Gasteiger partial charge in [0.25, 0.3) is 5.91 Å². The third-order valence-corrected chi connectivity index (χ3v) is 7.25. The van der Waals surface area contributed by atoms with Crippen LogP contribution in [0.25, 0.3) is 0 Å². The third-order valence-electron chi connectivity index (χ3n) is 6.69. The number of piperidine rings is 2. The highest BCUT2D eigenvalue weighted by molar-refractivity contribution is 6.32. The summed E-state index contributed by atoms with van der Waals surface area (Å²) < 4.78 is 6.13. The zero-order valence-corrected chi connectivity index (χ0v) is 20.2. The molecule has 2 fully saturated rings. The second-order valence-electron chi connectivity index (χ2n) is 8.99. The topological polar surface area (TPSA) is 62.7 Å². The van der Waals surface area contributed by atoms with Crippen molar-refractivity contribution >= 4 is 35.0 Å². The van der Waals surface area contributed by atoms with Crippen molar-refractivity contribution in [2.45, 2.75) is 38.5 Å². The first kappa shape index (κ1) is 23.8. The van der Waals surface area contributed by atoms with Gasteiger partial charge < -0.3 is 14.5 Å². The minimum Gasteiger partial charge on any atom is -0.493 e. The van der Waals surface area contributed by atoms with Crippen molar-refractivity contribution in [3.05, 3.63) is 58.3 Å². The molecule has 0 N–H and O–H groups in total. The Kier molecular flexibility index (Phi) is 7.76. The summed E-state index contributed by atoms with van der Waals surface area (Å²) in [4.78, 5) is 34.0. The van der Waals surface area contributed by atoms with Crippen molar-refractivity contribution in [2.75, 3.05) is 32.8 Å². The summed E-state index contributed by atoms with van der Waals surface area (Å²) in [7, 11) is 0. The number of carbonyl (C=O) groups is 2. The standard InChI is InChI=1S/C25H29Cl2N3O3/c26-19-6-8-20(9-7-19)33-18-25(17-22(31)29-13-2-1-3-14-29)10-15-30(16-11-25)24(32)21-5-4-12-28-23(21)27/h4-9,12H,1-3,10-11,13-18H2. The minimum absolute atomic E-state index is 0.123. The fraction of sp³-hybridized carbons (Fsp3) is 0.480. The van der Waals surface area contributed by atoms with Gasteiger partial charge in [-0.15, -0.1) is 0 Å². The van der Waals surface area contributed by atoms with Crippen molar-refractivity contribution in [3.8, 4) is 5.75 Å². The molecule has 2 saturated heterocycles. The molecule has 0 atom stereocenters. The largest absolute Gasteiger partial charge is 0.493 e. The summed E-state index contributed by atoms with van der Waals surface area (Å²) in [5.74, 6) is 0.789. The van der Waals surface area contributed by atoms with Crippen LogP contribution in [0.4, 0.5) is 0 Å². The van der Waals surface area contributed by atoms with Gasteiger partial charge in [-0.1, -0.05) is 23.2 Å². The molecule has 2 aliphatic rings. The van der Waals surface area contributed by atoms with Crippen LogP contribution in [0.15, 0.2) is 42.6 Å². The summed E-state index contributed by atoms with van der Waals surface area (Å²) in [5.41, 5.74) is 0.0809. The number of hydrogen-bond acceptors (Lipinski definition) is 4. The fourth-order valence-corrected chi connectivity index (χ4v) is 4.94. The smallest absolute Gasteiger partial charge is 0.256 e. The van der Waals surface area contributed by atoms with Crippen LogP contribution in [-0.4, -0.2) is 59.4 Å². The zero-order valence-electron chi connectivity index (χ0n) is 18.6. The highest BCUT2D eigenvalue weighted by Gasteiger charge is 2.40. The van der Waals surface area contributed by atoms with Gasteiger partial charge >= 0.3 is 0 Å². The molecule has 2 amide bonds. The van der Waals surface area contributed by atoms with Crippen molar-refractivity contribution in [1.29, 1.82) is 0 Å². The molecule has 0 spiro atoms. The SMILES string of the molecule is O=C(CC1(COc2ccc(Cl)cc2)CCN(C(=O)c2cccnc2Cl)CC1)N1CCCCC1. The number of likely N-dealkylation sites (tertiary alicyclic amines) is 2. The van der Waals surface area contributed by atoms with E-state index in [0.717, 1.165) is 31.7 Å². The van der Waals surface area contributed by atoms with Crippen LogP contribution in [0.5, 0.6) is 5.75 Å². The van der Waals surface area contributed by atoms with Crippen LogP contribution >= 0.6 is 23.2 Å². The summed E-state index contributed by atoms with van der Waals surface area (Å²) in [6.07, 6.45) is 6.68. The lowest BCUT2D eigenvalue weighted by Gasteiger charge is -2.42. The van der Waals surface area contributed by atoms with Gasteiger partial charge in [0.15, 0.2) is 0 Å². The van der Waals surface area contributed by atoms with Gasteiger partial charge in [0.05, 0.1) is 12.2 Å². The molecule has 8 heteroatoms. The Morgan fingerprint density at radius 3 is 2.30 bits per heavy atom. The number of pyridine rings is 1. The Balaban J connectivity index is 1.45. The van der Waals surface area contributed by atoms with Gasteiger partial charge in [0.1, 0.15) is 10.9 Å². The average Bonchev–Trinajstić information content (AvgIpc) is 2.85. The van der Waals surface area contributed by atoms with Crippen LogP contribution in [0, 0.1) is 5.41 Å². The molecule has 6 nitrogen and oxygen atoms in total. The molecule has 3 heterocycles. The summed E-state index contributed by atoms with van der Waals surface area (Å²) in [5, 5.41) is 0.865. The zero-order chi connectivity index (χ0) is 23.3. The predicted octanol–water partition coefficient (Wildman–Crippen LogP) is 5.09. The van der Waals surface area contributed by atoms with Gasteiger partial charge in [-0.3, -0.25) is 9.59 Å². The van der Waals surface area contributed by atoms with Gasteiger partial charge in [-0.05, 0) is 68.5 Å². The minimum atomic E-state index is -0.330. The van der Waals surface area contributed by atoms with Crippen LogP contribution < -0.4 is 4.74 Å². The molecule has 0 radical (unpaired) electrons. The number of amides is 2. The van der Waals surface area contributed by atoms with E-state index in [-0.39, 0.29) is 22.4 Å². The number of halogens is 2. The number of ether oxygens (including phenoxy) is 1.